The van der Waals surface area contributed by atoms with E-state index in [4.69, 9.17) is 11.6 Å². The van der Waals surface area contributed by atoms with E-state index in [2.05, 4.69) is 9.88 Å². The van der Waals surface area contributed by atoms with Crippen LogP contribution >= 0.6 is 11.6 Å². The van der Waals surface area contributed by atoms with Gasteiger partial charge in [0.25, 0.3) is 0 Å². The summed E-state index contributed by atoms with van der Waals surface area (Å²) < 4.78 is 2.12. The van der Waals surface area contributed by atoms with E-state index >= 15 is 0 Å². The van der Waals surface area contributed by atoms with Crippen LogP contribution in [0.5, 0.6) is 0 Å². The van der Waals surface area contributed by atoms with Crippen LogP contribution in [0.15, 0.2) is 97.2 Å². The van der Waals surface area contributed by atoms with Crippen LogP contribution in [0.4, 0.5) is 10.5 Å². The number of nitrogens with zero attached hydrogens (tertiary/aromatic N) is 3. The third-order valence-corrected chi connectivity index (χ3v) is 7.23. The molecule has 2 aliphatic rings. The lowest BCUT2D eigenvalue weighted by Gasteiger charge is -2.39. The number of rotatable bonds is 6. The maximum atomic E-state index is 14.1. The second-order valence-electron chi connectivity index (χ2n) is 9.52. The van der Waals surface area contributed by atoms with Crippen LogP contribution < -0.4 is 10.2 Å². The van der Waals surface area contributed by atoms with Crippen molar-refractivity contribution < 1.29 is 9.59 Å². The largest absolute Gasteiger partial charge is 0.334 e. The van der Waals surface area contributed by atoms with Gasteiger partial charge < -0.3 is 14.8 Å². The summed E-state index contributed by atoms with van der Waals surface area (Å²) in [5.74, 6) is -0.133. The number of urea groups is 1. The van der Waals surface area contributed by atoms with Crippen molar-refractivity contribution >= 4 is 29.2 Å². The number of benzene rings is 3. The van der Waals surface area contributed by atoms with Gasteiger partial charge in [-0.1, -0.05) is 66.2 Å². The number of fused-ring (bicyclic) bond motifs is 3. The van der Waals surface area contributed by atoms with E-state index in [-0.39, 0.29) is 30.6 Å². The highest BCUT2D eigenvalue weighted by Crippen LogP contribution is 2.43. The van der Waals surface area contributed by atoms with E-state index in [9.17, 15) is 9.59 Å². The minimum absolute atomic E-state index is 0.00258. The van der Waals surface area contributed by atoms with Crippen molar-refractivity contribution in [3.8, 4) is 5.69 Å². The van der Waals surface area contributed by atoms with Crippen molar-refractivity contribution in [3.05, 3.63) is 119 Å². The van der Waals surface area contributed by atoms with E-state index in [1.165, 1.54) is 0 Å². The van der Waals surface area contributed by atoms with Crippen molar-refractivity contribution in [1.82, 2.24) is 14.8 Å². The van der Waals surface area contributed by atoms with Crippen molar-refractivity contribution in [2.24, 2.45) is 0 Å². The van der Waals surface area contributed by atoms with E-state index in [1.54, 1.807) is 4.90 Å². The number of amides is 3. The van der Waals surface area contributed by atoms with Crippen molar-refractivity contribution in [2.45, 2.75) is 31.5 Å². The molecule has 1 atom stereocenters. The van der Waals surface area contributed by atoms with Gasteiger partial charge in [0.1, 0.15) is 12.6 Å². The van der Waals surface area contributed by atoms with Gasteiger partial charge in [0.05, 0.1) is 17.1 Å². The zero-order valence-electron chi connectivity index (χ0n) is 20.3. The SMILES string of the molecule is O=C(NCc1ccccc1)N(CC(=O)N1c2ccccc2-n2cccc2C1c1cccc(Cl)c1)C1CC1. The Bertz CT molecular complexity index is 1450. The molecular formula is C30H27ClN4O2. The standard InChI is InChI=1S/C30H27ClN4O2/c31-23-11-6-10-22(18-23)29-27-14-7-17-33(27)25-12-4-5-13-26(25)35(29)28(36)20-34(24-15-16-24)30(37)32-19-21-8-2-1-3-9-21/h1-14,17-18,24,29H,15-16,19-20H2,(H,32,37). The Hall–Kier alpha value is -4.03. The number of carbonyl (C=O) groups excluding carboxylic acids is 2. The molecule has 0 spiro atoms. The highest BCUT2D eigenvalue weighted by atomic mass is 35.5. The van der Waals surface area contributed by atoms with Gasteiger partial charge in [0.2, 0.25) is 5.91 Å². The van der Waals surface area contributed by atoms with E-state index in [1.807, 2.05) is 102 Å². The van der Waals surface area contributed by atoms with E-state index in [0.29, 0.717) is 11.6 Å². The molecule has 3 aromatic carbocycles. The maximum absolute atomic E-state index is 14.1. The summed E-state index contributed by atoms with van der Waals surface area (Å²) in [7, 11) is 0. The topological polar surface area (TPSA) is 57.6 Å². The molecule has 6 nitrogen and oxygen atoms in total. The molecule has 1 unspecified atom stereocenters. The molecule has 1 aliphatic carbocycles. The fourth-order valence-electron chi connectivity index (χ4n) is 5.10. The Morgan fingerprint density at radius 3 is 2.41 bits per heavy atom. The van der Waals surface area contributed by atoms with Gasteiger partial charge in [-0.25, -0.2) is 4.79 Å². The van der Waals surface area contributed by atoms with Crippen molar-refractivity contribution in [2.75, 3.05) is 11.4 Å². The van der Waals surface area contributed by atoms with Crippen LogP contribution in [0.3, 0.4) is 0 Å². The first-order valence-corrected chi connectivity index (χ1v) is 12.9. The average molecular weight is 511 g/mol. The van der Waals surface area contributed by atoms with Crippen LogP contribution in [-0.2, 0) is 11.3 Å². The number of hydrogen-bond acceptors (Lipinski definition) is 2. The molecule has 1 aromatic heterocycles. The molecule has 1 N–H and O–H groups in total. The predicted molar refractivity (Wildman–Crippen MR) is 145 cm³/mol. The lowest BCUT2D eigenvalue weighted by atomic mass is 9.97. The summed E-state index contributed by atoms with van der Waals surface area (Å²) in [6.45, 7) is 0.416. The molecule has 0 radical (unpaired) electrons. The molecule has 37 heavy (non-hydrogen) atoms. The number of para-hydroxylation sites is 2. The maximum Gasteiger partial charge on any atom is 0.318 e. The van der Waals surface area contributed by atoms with Crippen LogP contribution in [0, 0.1) is 0 Å². The Balaban J connectivity index is 1.33. The first-order chi connectivity index (χ1) is 18.1. The smallest absolute Gasteiger partial charge is 0.318 e. The molecule has 1 aliphatic heterocycles. The summed E-state index contributed by atoms with van der Waals surface area (Å²) in [5, 5.41) is 3.62. The second kappa shape index (κ2) is 9.79. The predicted octanol–water partition coefficient (Wildman–Crippen LogP) is 5.94. The summed E-state index contributed by atoms with van der Waals surface area (Å²) in [4.78, 5) is 30.9. The lowest BCUT2D eigenvalue weighted by molar-refractivity contribution is -0.119. The monoisotopic (exact) mass is 510 g/mol. The van der Waals surface area contributed by atoms with Gasteiger partial charge in [-0.3, -0.25) is 9.69 Å². The molecular weight excluding hydrogens is 484 g/mol. The molecule has 3 amide bonds. The lowest BCUT2D eigenvalue weighted by Crippen LogP contribution is -2.49. The highest BCUT2D eigenvalue weighted by Gasteiger charge is 2.40. The third kappa shape index (κ3) is 4.60. The van der Waals surface area contributed by atoms with E-state index in [0.717, 1.165) is 41.0 Å². The Labute approximate surface area is 221 Å². The molecule has 186 valence electrons. The minimum atomic E-state index is -0.371. The van der Waals surface area contributed by atoms with Crippen LogP contribution in [0.2, 0.25) is 5.02 Å². The molecule has 6 rings (SSSR count). The molecule has 1 saturated carbocycles. The highest BCUT2D eigenvalue weighted by molar-refractivity contribution is 6.30. The molecule has 7 heteroatoms. The average Bonchev–Trinajstić information content (AvgIpc) is 3.65. The number of hydrogen-bond donors (Lipinski definition) is 1. The number of nitrogens with one attached hydrogen (secondary N) is 1. The minimum Gasteiger partial charge on any atom is -0.334 e. The van der Waals surface area contributed by atoms with Crippen LogP contribution in [0.25, 0.3) is 5.69 Å². The first-order valence-electron chi connectivity index (χ1n) is 12.5. The fraction of sp³-hybridized carbons (Fsp3) is 0.200. The zero-order valence-corrected chi connectivity index (χ0v) is 21.0. The van der Waals surface area contributed by atoms with Gasteiger partial charge in [0, 0.05) is 23.8 Å². The van der Waals surface area contributed by atoms with E-state index < -0.39 is 0 Å². The molecule has 1 fully saturated rings. The third-order valence-electron chi connectivity index (χ3n) is 6.99. The quantitative estimate of drug-likeness (QED) is 0.349. The Morgan fingerprint density at radius 2 is 1.65 bits per heavy atom. The molecule has 2 heterocycles. The summed E-state index contributed by atoms with van der Waals surface area (Å²) in [6, 6.07) is 28.8. The first kappa shape index (κ1) is 23.4. The van der Waals surface area contributed by atoms with Crippen molar-refractivity contribution in [3.63, 3.8) is 0 Å². The number of carbonyl (C=O) groups is 2. The number of halogens is 1. The summed E-state index contributed by atoms with van der Waals surface area (Å²) >= 11 is 6.38. The Kier molecular flexibility index (Phi) is 6.18. The number of aromatic nitrogens is 1. The summed E-state index contributed by atoms with van der Waals surface area (Å²) in [6.07, 6.45) is 3.83. The van der Waals surface area contributed by atoms with Gasteiger partial charge in [-0.05, 0) is 60.4 Å². The summed E-state index contributed by atoms with van der Waals surface area (Å²) in [5.41, 5.74) is 4.65. The number of anilines is 1. The van der Waals surface area contributed by atoms with Crippen LogP contribution in [-0.4, -0.2) is 34.0 Å². The molecule has 0 bridgehead atoms. The van der Waals surface area contributed by atoms with Gasteiger partial charge in [-0.15, -0.1) is 0 Å². The van der Waals surface area contributed by atoms with Crippen molar-refractivity contribution in [1.29, 1.82) is 0 Å². The van der Waals surface area contributed by atoms with Gasteiger partial charge >= 0.3 is 6.03 Å². The van der Waals surface area contributed by atoms with Crippen LogP contribution in [0.1, 0.15) is 35.7 Å². The van der Waals surface area contributed by atoms with Gasteiger partial charge in [0.15, 0.2) is 0 Å². The fourth-order valence-corrected chi connectivity index (χ4v) is 5.30. The van der Waals surface area contributed by atoms with Gasteiger partial charge in [-0.2, -0.15) is 0 Å². The molecule has 0 saturated heterocycles. The second-order valence-corrected chi connectivity index (χ2v) is 9.95. The normalized spacial score (nSPS) is 16.0. The molecule has 4 aromatic rings. The Morgan fingerprint density at radius 1 is 0.892 bits per heavy atom. The zero-order chi connectivity index (χ0) is 25.4.